The molecule has 1 N–H and O–H groups in total. The van der Waals surface area contributed by atoms with Crippen molar-refractivity contribution in [1.82, 2.24) is 29.1 Å². The zero-order chi connectivity index (χ0) is 42.1. The van der Waals surface area contributed by atoms with Gasteiger partial charge in [-0.25, -0.2) is 14.6 Å². The molecular formula is C43H53N8O7P. The van der Waals surface area contributed by atoms with Crippen molar-refractivity contribution >= 4 is 32.0 Å². The number of ether oxygens (including phenoxy) is 4. The third-order valence-corrected chi connectivity index (χ3v) is 12.0. The molecule has 15 nitrogen and oxygen atoms in total. The second kappa shape index (κ2) is 19.7. The summed E-state index contributed by atoms with van der Waals surface area (Å²) in [7, 11) is 5.25. The molecule has 3 aromatic carbocycles. The fourth-order valence-corrected chi connectivity index (χ4v) is 8.92. The predicted octanol–water partition coefficient (Wildman–Crippen LogP) is 7.32. The van der Waals surface area contributed by atoms with E-state index in [9.17, 15) is 10.1 Å². The van der Waals surface area contributed by atoms with E-state index < -0.39 is 38.1 Å². The van der Waals surface area contributed by atoms with Crippen LogP contribution in [0.15, 0.2) is 95.0 Å². The highest BCUT2D eigenvalue weighted by atomic mass is 31.2. The molecule has 1 unspecified atom stereocenters. The van der Waals surface area contributed by atoms with Crippen LogP contribution in [0.4, 0.5) is 5.95 Å². The normalized spacial score (nSPS) is 17.6. The van der Waals surface area contributed by atoms with Crippen LogP contribution >= 0.6 is 8.53 Å². The minimum absolute atomic E-state index is 0.0648. The number of H-pyrrole nitrogens is 1. The SMILES string of the molecule is COc1ccc(C(OC[C@@H]2C[C@@H](OP(OCCC#N)N(C(C)C)C(C)C)[C@H](n3cnc4c(=O)[nH]c(/N=C/N(C)C)nc43)O2)(c2ccccc2)c2ccc(OC)cc2)cc1. The molecular weight excluding hydrogens is 771 g/mol. The number of hydrogen-bond donors (Lipinski definition) is 1. The number of aromatic nitrogens is 4. The Hall–Kier alpha value is -5.20. The zero-order valence-electron chi connectivity index (χ0n) is 34.8. The number of methoxy groups -OCH3 is 2. The van der Waals surface area contributed by atoms with Crippen molar-refractivity contribution in [2.75, 3.05) is 41.5 Å². The quantitative estimate of drug-likeness (QED) is 0.0291. The number of imidazole rings is 1. The van der Waals surface area contributed by atoms with Crippen LogP contribution in [0.25, 0.3) is 11.2 Å². The van der Waals surface area contributed by atoms with Crippen LogP contribution in [0.1, 0.15) is 63.5 Å². The molecule has 0 amide bonds. The molecule has 0 spiro atoms. The number of rotatable bonds is 19. The summed E-state index contributed by atoms with van der Waals surface area (Å²) in [6.45, 7) is 8.67. The van der Waals surface area contributed by atoms with E-state index in [1.165, 1.54) is 0 Å². The molecule has 4 atom stereocenters. The van der Waals surface area contributed by atoms with Crippen molar-refractivity contribution < 1.29 is 28.0 Å². The van der Waals surface area contributed by atoms with E-state index in [2.05, 4.69) is 53.4 Å². The molecule has 0 radical (unpaired) electrons. The Balaban J connectivity index is 1.43. The molecule has 16 heteroatoms. The maximum Gasteiger partial charge on any atom is 0.280 e. The molecule has 312 valence electrons. The number of aromatic amines is 1. The molecule has 3 heterocycles. The molecule has 1 saturated heterocycles. The summed E-state index contributed by atoms with van der Waals surface area (Å²) in [4.78, 5) is 31.2. The molecule has 59 heavy (non-hydrogen) atoms. The number of fused-ring (bicyclic) bond motifs is 1. The van der Waals surface area contributed by atoms with Crippen LogP contribution in [0, 0.1) is 11.3 Å². The molecule has 1 aliphatic rings. The predicted molar refractivity (Wildman–Crippen MR) is 227 cm³/mol. The monoisotopic (exact) mass is 824 g/mol. The summed E-state index contributed by atoms with van der Waals surface area (Å²) in [6.07, 6.45) is 1.77. The lowest BCUT2D eigenvalue weighted by Gasteiger charge is -2.37. The number of aliphatic imine (C=N–C) groups is 1. The highest BCUT2D eigenvalue weighted by Crippen LogP contribution is 2.51. The van der Waals surface area contributed by atoms with Gasteiger partial charge >= 0.3 is 0 Å². The summed E-state index contributed by atoms with van der Waals surface area (Å²) < 4.78 is 42.5. The minimum Gasteiger partial charge on any atom is -0.497 e. The highest BCUT2D eigenvalue weighted by Gasteiger charge is 2.45. The van der Waals surface area contributed by atoms with Gasteiger partial charge in [0.25, 0.3) is 14.1 Å². The average molecular weight is 825 g/mol. The van der Waals surface area contributed by atoms with Crippen molar-refractivity contribution in [2.45, 2.75) is 76.7 Å². The second-order valence-corrected chi connectivity index (χ2v) is 16.2. The Labute approximate surface area is 346 Å². The van der Waals surface area contributed by atoms with Gasteiger partial charge in [-0.05, 0) is 68.7 Å². The van der Waals surface area contributed by atoms with Crippen LogP contribution in [0.5, 0.6) is 11.5 Å². The topological polar surface area (TPSA) is 162 Å². The maximum atomic E-state index is 13.3. The molecule has 6 rings (SSSR count). The molecule has 5 aromatic rings. The van der Waals surface area contributed by atoms with E-state index in [0.717, 1.165) is 16.7 Å². The Bertz CT molecular complexity index is 2190. The molecule has 2 aromatic heterocycles. The van der Waals surface area contributed by atoms with Gasteiger partial charge in [-0.1, -0.05) is 54.6 Å². The van der Waals surface area contributed by atoms with Gasteiger partial charge in [-0.3, -0.25) is 14.3 Å². The summed E-state index contributed by atoms with van der Waals surface area (Å²) in [5.74, 6) is 1.55. The summed E-state index contributed by atoms with van der Waals surface area (Å²) >= 11 is 0. The van der Waals surface area contributed by atoms with Crippen LogP contribution in [-0.4, -0.2) is 101 Å². The largest absolute Gasteiger partial charge is 0.497 e. The standard InChI is InChI=1S/C43H53N8O7P/c1-29(2)51(30(3)4)59(56-24-12-23-44)58-37-25-36(57-41(37)50-28-45-38-39(50)47-42(48-40(38)52)46-27-49(5)6)26-55-43(31-13-10-9-11-14-31,32-15-19-34(53-7)20-16-32)33-17-21-35(54-8)22-18-33/h9-11,13-22,27-30,36-37,41H,12,24-26H2,1-8H3,(H,47,48,52)/b46-27+/t36-,37+,41+,59?/m0/s1. The smallest absolute Gasteiger partial charge is 0.280 e. The highest BCUT2D eigenvalue weighted by molar-refractivity contribution is 7.44. The van der Waals surface area contributed by atoms with Gasteiger partial charge in [0.2, 0.25) is 5.95 Å². The number of nitrogens with one attached hydrogen (secondary N) is 1. The van der Waals surface area contributed by atoms with Crippen molar-refractivity contribution in [3.63, 3.8) is 0 Å². The first-order valence-corrected chi connectivity index (χ1v) is 20.7. The Kier molecular flexibility index (Phi) is 14.5. The lowest BCUT2D eigenvalue weighted by molar-refractivity contribution is -0.0839. The van der Waals surface area contributed by atoms with Gasteiger partial charge in [-0.15, -0.1) is 0 Å². The lowest BCUT2D eigenvalue weighted by Crippen LogP contribution is -2.36. The lowest BCUT2D eigenvalue weighted by atomic mass is 9.80. The Morgan fingerprint density at radius 3 is 2.15 bits per heavy atom. The van der Waals surface area contributed by atoms with Gasteiger partial charge in [0.1, 0.15) is 23.2 Å². The van der Waals surface area contributed by atoms with Crippen LogP contribution in [0.2, 0.25) is 0 Å². The number of nitrogens with zero attached hydrogens (tertiary/aromatic N) is 7. The van der Waals surface area contributed by atoms with E-state index in [4.69, 9.17) is 33.0 Å². The van der Waals surface area contributed by atoms with Crippen molar-refractivity contribution in [3.05, 3.63) is 112 Å². The fraction of sp³-hybridized carbons (Fsp3) is 0.419. The van der Waals surface area contributed by atoms with Gasteiger partial charge < -0.3 is 32.9 Å². The number of benzene rings is 3. The third kappa shape index (κ3) is 9.82. The fourth-order valence-electron chi connectivity index (χ4n) is 7.20. The Morgan fingerprint density at radius 1 is 0.983 bits per heavy atom. The summed E-state index contributed by atoms with van der Waals surface area (Å²) in [6, 6.07) is 28.1. The van der Waals surface area contributed by atoms with Crippen molar-refractivity contribution in [1.29, 1.82) is 5.26 Å². The zero-order valence-corrected chi connectivity index (χ0v) is 35.7. The van der Waals surface area contributed by atoms with E-state index in [1.807, 2.05) is 93.0 Å². The van der Waals surface area contributed by atoms with E-state index >= 15 is 0 Å². The second-order valence-electron chi connectivity index (χ2n) is 14.8. The first kappa shape index (κ1) is 43.4. The Morgan fingerprint density at radius 2 is 1.59 bits per heavy atom. The maximum absolute atomic E-state index is 13.3. The summed E-state index contributed by atoms with van der Waals surface area (Å²) in [5.41, 5.74) is 1.57. The van der Waals surface area contributed by atoms with Gasteiger partial charge in [-0.2, -0.15) is 10.2 Å². The molecule has 0 bridgehead atoms. The van der Waals surface area contributed by atoms with Crippen LogP contribution in [0.3, 0.4) is 0 Å². The van der Waals surface area contributed by atoms with E-state index in [1.54, 1.807) is 36.4 Å². The average Bonchev–Trinajstić information content (AvgIpc) is 3.84. The summed E-state index contributed by atoms with van der Waals surface area (Å²) in [5, 5.41) is 9.38. The van der Waals surface area contributed by atoms with Crippen molar-refractivity contribution in [3.8, 4) is 17.6 Å². The molecule has 0 saturated carbocycles. The first-order chi connectivity index (χ1) is 28.5. The third-order valence-electron chi connectivity index (χ3n) is 9.80. The van der Waals surface area contributed by atoms with E-state index in [-0.39, 0.29) is 48.8 Å². The molecule has 1 aliphatic heterocycles. The van der Waals surface area contributed by atoms with Gasteiger partial charge in [0, 0.05) is 32.6 Å². The van der Waals surface area contributed by atoms with Crippen LogP contribution in [-0.2, 0) is 24.1 Å². The minimum atomic E-state index is -1.68. The van der Waals surface area contributed by atoms with E-state index in [0.29, 0.717) is 17.9 Å². The molecule has 0 aliphatic carbocycles. The van der Waals surface area contributed by atoms with Gasteiger partial charge in [0.15, 0.2) is 17.4 Å². The van der Waals surface area contributed by atoms with Gasteiger partial charge in [0.05, 0.1) is 58.7 Å². The van der Waals surface area contributed by atoms with Crippen molar-refractivity contribution in [2.24, 2.45) is 4.99 Å². The number of hydrogen-bond acceptors (Lipinski definition) is 12. The first-order valence-electron chi connectivity index (χ1n) is 19.6. The number of nitriles is 1. The molecule has 1 fully saturated rings. The van der Waals surface area contributed by atoms with Crippen LogP contribution < -0.4 is 15.0 Å².